The van der Waals surface area contributed by atoms with Crippen molar-refractivity contribution in [1.82, 2.24) is 0 Å². The Balaban J connectivity index is 2.23. The molecule has 0 aliphatic heterocycles. The maximum atomic E-state index is 13.8. The zero-order valence-corrected chi connectivity index (χ0v) is 11.4. The van der Waals surface area contributed by atoms with E-state index in [0.717, 1.165) is 4.88 Å². The van der Waals surface area contributed by atoms with Crippen LogP contribution >= 0.6 is 22.9 Å². The van der Waals surface area contributed by atoms with Gasteiger partial charge in [0, 0.05) is 11.4 Å². The van der Waals surface area contributed by atoms with Gasteiger partial charge in [0.1, 0.15) is 6.10 Å². The largest absolute Gasteiger partial charge is 0.480 e. The first kappa shape index (κ1) is 13.3. The molecule has 0 saturated heterocycles. The summed E-state index contributed by atoms with van der Waals surface area (Å²) in [6.45, 7) is 1.96. The van der Waals surface area contributed by atoms with Gasteiger partial charge in [0.05, 0.1) is 4.34 Å². The van der Waals surface area contributed by atoms with Crippen molar-refractivity contribution in [3.8, 4) is 5.75 Å². The molecule has 1 unspecified atom stereocenters. The lowest BCUT2D eigenvalue weighted by Gasteiger charge is -2.17. The van der Waals surface area contributed by atoms with Crippen molar-refractivity contribution in [3.05, 3.63) is 50.9 Å². The highest BCUT2D eigenvalue weighted by atomic mass is 35.5. The monoisotopic (exact) mass is 285 g/mol. The average Bonchev–Trinajstić information content (AvgIpc) is 2.78. The van der Waals surface area contributed by atoms with E-state index in [0.29, 0.717) is 9.90 Å². The molecule has 1 aromatic carbocycles. The molecule has 0 fully saturated rings. The molecule has 0 saturated carbocycles. The summed E-state index contributed by atoms with van der Waals surface area (Å²) in [4.78, 5) is 0.892. The van der Waals surface area contributed by atoms with Gasteiger partial charge in [-0.05, 0) is 30.7 Å². The van der Waals surface area contributed by atoms with Crippen LogP contribution in [0.3, 0.4) is 0 Å². The zero-order chi connectivity index (χ0) is 13.1. The number of thiophene rings is 1. The van der Waals surface area contributed by atoms with E-state index in [2.05, 4.69) is 0 Å². The molecule has 2 rings (SSSR count). The van der Waals surface area contributed by atoms with Gasteiger partial charge in [0.15, 0.2) is 11.6 Å². The van der Waals surface area contributed by atoms with Crippen molar-refractivity contribution in [2.24, 2.45) is 5.73 Å². The number of ether oxygens (including phenoxy) is 1. The second kappa shape index (κ2) is 5.69. The summed E-state index contributed by atoms with van der Waals surface area (Å²) in [5.41, 5.74) is 6.21. The predicted molar refractivity (Wildman–Crippen MR) is 72.9 cm³/mol. The highest BCUT2D eigenvalue weighted by Crippen LogP contribution is 2.31. The quantitative estimate of drug-likeness (QED) is 0.924. The van der Waals surface area contributed by atoms with E-state index in [1.54, 1.807) is 31.2 Å². The van der Waals surface area contributed by atoms with Gasteiger partial charge in [-0.25, -0.2) is 4.39 Å². The number of hydrogen-bond acceptors (Lipinski definition) is 3. The molecular weight excluding hydrogens is 273 g/mol. The van der Waals surface area contributed by atoms with Crippen molar-refractivity contribution in [1.29, 1.82) is 0 Å². The van der Waals surface area contributed by atoms with Crippen LogP contribution < -0.4 is 10.5 Å². The second-order valence-electron chi connectivity index (χ2n) is 3.87. The van der Waals surface area contributed by atoms with Gasteiger partial charge in [0.2, 0.25) is 0 Å². The van der Waals surface area contributed by atoms with Crippen LogP contribution in [-0.4, -0.2) is 6.54 Å². The van der Waals surface area contributed by atoms with Crippen LogP contribution in [0.2, 0.25) is 4.34 Å². The Kier molecular flexibility index (Phi) is 4.22. The standard InChI is InChI=1S/C13H13ClFNOS/c1-8-3-2-4-9(13(8)15)17-10(7-16)11-5-6-12(14)18-11/h2-6,10H,7,16H2,1H3. The number of benzene rings is 1. The van der Waals surface area contributed by atoms with Gasteiger partial charge < -0.3 is 10.5 Å². The molecule has 0 aliphatic rings. The molecule has 1 heterocycles. The fraction of sp³-hybridized carbons (Fsp3) is 0.231. The van der Waals surface area contributed by atoms with Crippen molar-refractivity contribution in [2.75, 3.05) is 6.54 Å². The maximum Gasteiger partial charge on any atom is 0.167 e. The minimum Gasteiger partial charge on any atom is -0.480 e. The number of nitrogens with two attached hydrogens (primary N) is 1. The van der Waals surface area contributed by atoms with Gasteiger partial charge in [0.25, 0.3) is 0 Å². The summed E-state index contributed by atoms with van der Waals surface area (Å²) in [6.07, 6.45) is -0.376. The van der Waals surface area contributed by atoms with E-state index in [1.807, 2.05) is 6.07 Å². The molecule has 2 aromatic rings. The predicted octanol–water partition coefficient (Wildman–Crippen LogP) is 3.93. The number of rotatable bonds is 4. The molecular formula is C13H13ClFNOS. The fourth-order valence-electron chi connectivity index (χ4n) is 1.59. The molecule has 1 aromatic heterocycles. The molecule has 2 N–H and O–H groups in total. The van der Waals surface area contributed by atoms with Crippen LogP contribution in [-0.2, 0) is 0 Å². The Morgan fingerprint density at radius 2 is 2.17 bits per heavy atom. The summed E-state index contributed by atoms with van der Waals surface area (Å²) in [5, 5.41) is 0. The molecule has 0 spiro atoms. The van der Waals surface area contributed by atoms with Gasteiger partial charge in [-0.1, -0.05) is 23.7 Å². The Bertz CT molecular complexity index is 544. The lowest BCUT2D eigenvalue weighted by atomic mass is 10.2. The SMILES string of the molecule is Cc1cccc(OC(CN)c2ccc(Cl)s2)c1F. The molecule has 2 nitrogen and oxygen atoms in total. The normalized spacial score (nSPS) is 12.4. The molecule has 0 radical (unpaired) electrons. The number of hydrogen-bond donors (Lipinski definition) is 1. The molecule has 1 atom stereocenters. The smallest absolute Gasteiger partial charge is 0.167 e. The summed E-state index contributed by atoms with van der Waals surface area (Å²) >= 11 is 7.26. The second-order valence-corrected chi connectivity index (χ2v) is 5.62. The minimum absolute atomic E-state index is 0.218. The highest BCUT2D eigenvalue weighted by Gasteiger charge is 2.16. The lowest BCUT2D eigenvalue weighted by molar-refractivity contribution is 0.208. The molecule has 0 bridgehead atoms. The van der Waals surface area contributed by atoms with Gasteiger partial charge in [-0.15, -0.1) is 11.3 Å². The first-order chi connectivity index (χ1) is 8.61. The van der Waals surface area contributed by atoms with Gasteiger partial charge >= 0.3 is 0 Å². The molecule has 18 heavy (non-hydrogen) atoms. The summed E-state index contributed by atoms with van der Waals surface area (Å²) in [7, 11) is 0. The van der Waals surface area contributed by atoms with Crippen molar-refractivity contribution >= 4 is 22.9 Å². The van der Waals surface area contributed by atoms with E-state index in [-0.39, 0.29) is 24.2 Å². The number of aryl methyl sites for hydroxylation is 1. The zero-order valence-electron chi connectivity index (χ0n) is 9.82. The van der Waals surface area contributed by atoms with Crippen LogP contribution in [0, 0.1) is 12.7 Å². The van der Waals surface area contributed by atoms with Crippen LogP contribution in [0.15, 0.2) is 30.3 Å². The fourth-order valence-corrected chi connectivity index (χ4v) is 2.69. The van der Waals surface area contributed by atoms with E-state index >= 15 is 0 Å². The van der Waals surface area contributed by atoms with Crippen LogP contribution in [0.4, 0.5) is 4.39 Å². The van der Waals surface area contributed by atoms with E-state index < -0.39 is 0 Å². The highest BCUT2D eigenvalue weighted by molar-refractivity contribution is 7.16. The van der Waals surface area contributed by atoms with Gasteiger partial charge in [-0.2, -0.15) is 0 Å². The Labute approximate surface area is 114 Å². The first-order valence-electron chi connectivity index (χ1n) is 5.49. The van der Waals surface area contributed by atoms with Crippen molar-refractivity contribution < 1.29 is 9.13 Å². The topological polar surface area (TPSA) is 35.2 Å². The Morgan fingerprint density at radius 1 is 1.39 bits per heavy atom. The van der Waals surface area contributed by atoms with E-state index in [4.69, 9.17) is 22.1 Å². The summed E-state index contributed by atoms with van der Waals surface area (Å²) < 4.78 is 20.1. The summed E-state index contributed by atoms with van der Waals surface area (Å²) in [5.74, 6) is -0.131. The third kappa shape index (κ3) is 2.83. The van der Waals surface area contributed by atoms with E-state index in [9.17, 15) is 4.39 Å². The molecule has 0 amide bonds. The summed E-state index contributed by atoms with van der Waals surface area (Å²) in [6, 6.07) is 8.67. The van der Waals surface area contributed by atoms with Crippen LogP contribution in [0.5, 0.6) is 5.75 Å². The first-order valence-corrected chi connectivity index (χ1v) is 6.68. The third-order valence-electron chi connectivity index (χ3n) is 2.55. The maximum absolute atomic E-state index is 13.8. The molecule has 96 valence electrons. The molecule has 5 heteroatoms. The van der Waals surface area contributed by atoms with Crippen molar-refractivity contribution in [3.63, 3.8) is 0 Å². The third-order valence-corrected chi connectivity index (χ3v) is 3.87. The van der Waals surface area contributed by atoms with Crippen LogP contribution in [0.1, 0.15) is 16.5 Å². The Morgan fingerprint density at radius 3 is 2.78 bits per heavy atom. The lowest BCUT2D eigenvalue weighted by Crippen LogP contribution is -2.18. The number of halogens is 2. The van der Waals surface area contributed by atoms with E-state index in [1.165, 1.54) is 11.3 Å². The average molecular weight is 286 g/mol. The minimum atomic E-state index is -0.376. The van der Waals surface area contributed by atoms with Gasteiger partial charge in [-0.3, -0.25) is 0 Å². The molecule has 0 aliphatic carbocycles. The Hall–Kier alpha value is -1.10. The van der Waals surface area contributed by atoms with Crippen LogP contribution in [0.25, 0.3) is 0 Å². The van der Waals surface area contributed by atoms with Crippen molar-refractivity contribution in [2.45, 2.75) is 13.0 Å².